The second kappa shape index (κ2) is 5.89. The molecule has 0 saturated carbocycles. The summed E-state index contributed by atoms with van der Waals surface area (Å²) >= 11 is 0. The minimum atomic E-state index is -0.347. The van der Waals surface area contributed by atoms with Gasteiger partial charge in [-0.2, -0.15) is 0 Å². The van der Waals surface area contributed by atoms with Gasteiger partial charge < -0.3 is 4.74 Å². The third-order valence-electron chi connectivity index (χ3n) is 3.12. The standard InChI is InChI=1S/C12H20O3/c1-3-10-8-6-4-5-7-9(2)11(13)15-12(10)14/h9-10H,3-8H2,1-2H3. The van der Waals surface area contributed by atoms with E-state index in [0.717, 1.165) is 38.5 Å². The summed E-state index contributed by atoms with van der Waals surface area (Å²) < 4.78 is 4.86. The highest BCUT2D eigenvalue weighted by Crippen LogP contribution is 2.20. The lowest BCUT2D eigenvalue weighted by Gasteiger charge is -2.17. The fourth-order valence-corrected chi connectivity index (χ4v) is 1.91. The van der Waals surface area contributed by atoms with Gasteiger partial charge >= 0.3 is 11.9 Å². The van der Waals surface area contributed by atoms with E-state index in [1.807, 2.05) is 13.8 Å². The van der Waals surface area contributed by atoms with Crippen LogP contribution in [-0.2, 0) is 14.3 Å². The molecular weight excluding hydrogens is 192 g/mol. The van der Waals surface area contributed by atoms with Crippen LogP contribution >= 0.6 is 0 Å². The van der Waals surface area contributed by atoms with Gasteiger partial charge in [0.05, 0.1) is 11.8 Å². The first-order valence-electron chi connectivity index (χ1n) is 5.90. The Kier molecular flexibility index (Phi) is 4.79. The van der Waals surface area contributed by atoms with Gasteiger partial charge in [0.15, 0.2) is 0 Å². The van der Waals surface area contributed by atoms with Crippen LogP contribution in [0.5, 0.6) is 0 Å². The molecule has 0 aliphatic carbocycles. The van der Waals surface area contributed by atoms with Crippen molar-refractivity contribution in [3.63, 3.8) is 0 Å². The van der Waals surface area contributed by atoms with Crippen LogP contribution in [0, 0.1) is 11.8 Å². The van der Waals surface area contributed by atoms with E-state index in [0.29, 0.717) is 0 Å². The van der Waals surface area contributed by atoms with Crippen molar-refractivity contribution in [2.75, 3.05) is 0 Å². The molecule has 2 atom stereocenters. The molecule has 1 aliphatic heterocycles. The average molecular weight is 212 g/mol. The summed E-state index contributed by atoms with van der Waals surface area (Å²) in [7, 11) is 0. The molecule has 0 bridgehead atoms. The summed E-state index contributed by atoms with van der Waals surface area (Å²) in [6, 6.07) is 0. The maximum Gasteiger partial charge on any atom is 0.316 e. The van der Waals surface area contributed by atoms with E-state index in [9.17, 15) is 9.59 Å². The molecule has 0 aromatic heterocycles. The highest BCUT2D eigenvalue weighted by molar-refractivity contribution is 5.87. The van der Waals surface area contributed by atoms with Crippen molar-refractivity contribution in [1.29, 1.82) is 0 Å². The van der Waals surface area contributed by atoms with Crippen molar-refractivity contribution in [3.05, 3.63) is 0 Å². The molecule has 86 valence electrons. The van der Waals surface area contributed by atoms with E-state index in [2.05, 4.69) is 0 Å². The van der Waals surface area contributed by atoms with E-state index in [4.69, 9.17) is 4.74 Å². The first-order valence-corrected chi connectivity index (χ1v) is 5.90. The first-order chi connectivity index (χ1) is 7.15. The number of hydrogen-bond acceptors (Lipinski definition) is 3. The number of ether oxygens (including phenoxy) is 1. The molecule has 3 heteroatoms. The van der Waals surface area contributed by atoms with Crippen LogP contribution in [0.15, 0.2) is 0 Å². The molecule has 1 saturated heterocycles. The number of cyclic esters (lactones) is 2. The van der Waals surface area contributed by atoms with Gasteiger partial charge in [-0.25, -0.2) is 0 Å². The molecule has 0 aromatic carbocycles. The summed E-state index contributed by atoms with van der Waals surface area (Å²) in [6.07, 6.45) is 5.69. The zero-order valence-electron chi connectivity index (χ0n) is 9.62. The van der Waals surface area contributed by atoms with Crippen LogP contribution in [-0.4, -0.2) is 11.9 Å². The fourth-order valence-electron chi connectivity index (χ4n) is 1.91. The second-order valence-corrected chi connectivity index (χ2v) is 4.38. The van der Waals surface area contributed by atoms with Crippen molar-refractivity contribution in [2.24, 2.45) is 11.8 Å². The van der Waals surface area contributed by atoms with Gasteiger partial charge in [0.1, 0.15) is 0 Å². The average Bonchev–Trinajstić information content (AvgIpc) is 2.21. The molecule has 1 heterocycles. The topological polar surface area (TPSA) is 43.4 Å². The van der Waals surface area contributed by atoms with Crippen LogP contribution in [0.1, 0.15) is 52.4 Å². The van der Waals surface area contributed by atoms with Crippen molar-refractivity contribution >= 4 is 11.9 Å². The van der Waals surface area contributed by atoms with E-state index >= 15 is 0 Å². The summed E-state index contributed by atoms with van der Waals surface area (Å²) in [5.74, 6) is -0.889. The molecule has 1 fully saturated rings. The van der Waals surface area contributed by atoms with E-state index in [-0.39, 0.29) is 23.8 Å². The summed E-state index contributed by atoms with van der Waals surface area (Å²) in [5, 5.41) is 0. The molecule has 15 heavy (non-hydrogen) atoms. The third kappa shape index (κ3) is 3.65. The van der Waals surface area contributed by atoms with E-state index in [1.165, 1.54) is 0 Å². The normalized spacial score (nSPS) is 29.7. The van der Waals surface area contributed by atoms with Crippen molar-refractivity contribution < 1.29 is 14.3 Å². The van der Waals surface area contributed by atoms with Crippen molar-refractivity contribution in [3.8, 4) is 0 Å². The molecule has 1 rings (SSSR count). The Morgan fingerprint density at radius 2 is 1.80 bits per heavy atom. The predicted octanol–water partition coefficient (Wildman–Crippen LogP) is 2.68. The lowest BCUT2D eigenvalue weighted by atomic mass is 9.95. The quantitative estimate of drug-likeness (QED) is 0.496. The Labute approximate surface area is 91.2 Å². The molecule has 2 unspecified atom stereocenters. The highest BCUT2D eigenvalue weighted by atomic mass is 16.6. The van der Waals surface area contributed by atoms with Gasteiger partial charge in [0.2, 0.25) is 0 Å². The Morgan fingerprint density at radius 3 is 2.47 bits per heavy atom. The molecule has 0 radical (unpaired) electrons. The Bertz CT molecular complexity index is 235. The smallest absolute Gasteiger partial charge is 0.316 e. The SMILES string of the molecule is CCC1CCCCCC(C)C(=O)OC1=O. The molecule has 0 amide bonds. The van der Waals surface area contributed by atoms with Crippen LogP contribution in [0.3, 0.4) is 0 Å². The monoisotopic (exact) mass is 212 g/mol. The van der Waals surface area contributed by atoms with Crippen molar-refractivity contribution in [1.82, 2.24) is 0 Å². The van der Waals surface area contributed by atoms with Crippen LogP contribution in [0.4, 0.5) is 0 Å². The molecular formula is C12H20O3. The molecule has 0 N–H and O–H groups in total. The Morgan fingerprint density at radius 1 is 1.13 bits per heavy atom. The first kappa shape index (κ1) is 12.2. The Balaban J connectivity index is 2.61. The number of hydrogen-bond donors (Lipinski definition) is 0. The summed E-state index contributed by atoms with van der Waals surface area (Å²) in [4.78, 5) is 23.0. The van der Waals surface area contributed by atoms with E-state index in [1.54, 1.807) is 0 Å². The lowest BCUT2D eigenvalue weighted by Crippen LogP contribution is -2.25. The number of carbonyl (C=O) groups excluding carboxylic acids is 2. The fraction of sp³-hybridized carbons (Fsp3) is 0.833. The lowest BCUT2D eigenvalue weighted by molar-refractivity contribution is -0.165. The van der Waals surface area contributed by atoms with Gasteiger partial charge in [0, 0.05) is 0 Å². The highest BCUT2D eigenvalue weighted by Gasteiger charge is 2.24. The van der Waals surface area contributed by atoms with Gasteiger partial charge in [0.25, 0.3) is 0 Å². The van der Waals surface area contributed by atoms with Gasteiger partial charge in [-0.05, 0) is 19.3 Å². The van der Waals surface area contributed by atoms with E-state index < -0.39 is 0 Å². The molecule has 0 aromatic rings. The minimum absolute atomic E-state index is 0.0840. The number of esters is 2. The third-order valence-corrected chi connectivity index (χ3v) is 3.12. The largest absolute Gasteiger partial charge is 0.393 e. The van der Waals surface area contributed by atoms with Crippen molar-refractivity contribution in [2.45, 2.75) is 52.4 Å². The van der Waals surface area contributed by atoms with Crippen LogP contribution < -0.4 is 0 Å². The molecule has 3 nitrogen and oxygen atoms in total. The number of rotatable bonds is 1. The summed E-state index contributed by atoms with van der Waals surface area (Å²) in [5.41, 5.74) is 0. The molecule has 0 spiro atoms. The van der Waals surface area contributed by atoms with Gasteiger partial charge in [-0.15, -0.1) is 0 Å². The predicted molar refractivity (Wildman–Crippen MR) is 57.1 cm³/mol. The zero-order valence-corrected chi connectivity index (χ0v) is 9.62. The molecule has 1 aliphatic rings. The second-order valence-electron chi connectivity index (χ2n) is 4.38. The maximum absolute atomic E-state index is 11.6. The minimum Gasteiger partial charge on any atom is -0.393 e. The Hall–Kier alpha value is -0.860. The number of carbonyl (C=O) groups is 2. The zero-order chi connectivity index (χ0) is 11.3. The van der Waals surface area contributed by atoms with Gasteiger partial charge in [-0.3, -0.25) is 9.59 Å². The van der Waals surface area contributed by atoms with Gasteiger partial charge in [-0.1, -0.05) is 33.1 Å². The van der Waals surface area contributed by atoms with Crippen LogP contribution in [0.25, 0.3) is 0 Å². The summed E-state index contributed by atoms with van der Waals surface area (Å²) in [6.45, 7) is 3.80. The maximum atomic E-state index is 11.6. The van der Waals surface area contributed by atoms with Crippen LogP contribution in [0.2, 0.25) is 0 Å².